The average Bonchev–Trinajstić information content (AvgIpc) is 2.83. The van der Waals surface area contributed by atoms with Crippen molar-refractivity contribution in [3.05, 3.63) is 53.2 Å². The van der Waals surface area contributed by atoms with Crippen LogP contribution in [0.3, 0.4) is 0 Å². The minimum atomic E-state index is -0.265. The van der Waals surface area contributed by atoms with E-state index in [1.807, 2.05) is 39.0 Å². The quantitative estimate of drug-likeness (QED) is 0.506. The molecular weight excluding hydrogens is 466 g/mol. The van der Waals surface area contributed by atoms with Crippen molar-refractivity contribution in [3.63, 3.8) is 0 Å². The van der Waals surface area contributed by atoms with Gasteiger partial charge in [0, 0.05) is 41.1 Å². The molecule has 1 aromatic heterocycles. The van der Waals surface area contributed by atoms with Gasteiger partial charge in [0.15, 0.2) is 6.61 Å². The number of rotatable bonds is 7. The van der Waals surface area contributed by atoms with E-state index in [0.717, 1.165) is 42.5 Å². The number of benzene rings is 2. The van der Waals surface area contributed by atoms with E-state index in [0.29, 0.717) is 22.4 Å². The van der Waals surface area contributed by atoms with Crippen LogP contribution in [-0.2, 0) is 9.59 Å². The molecule has 8 nitrogen and oxygen atoms in total. The van der Waals surface area contributed by atoms with Crippen LogP contribution in [-0.4, -0.2) is 47.5 Å². The number of nitrogens with one attached hydrogen (secondary N) is 2. The fraction of sp³-hybridized carbons (Fsp3) is 0.385. The second kappa shape index (κ2) is 10.9. The molecule has 0 atom stereocenters. The number of carbonyl (C=O) groups excluding carboxylic acids is 2. The Morgan fingerprint density at radius 1 is 1.11 bits per heavy atom. The first-order chi connectivity index (χ1) is 16.8. The van der Waals surface area contributed by atoms with Crippen molar-refractivity contribution >= 4 is 46.0 Å². The van der Waals surface area contributed by atoms with E-state index < -0.39 is 0 Å². The van der Waals surface area contributed by atoms with Gasteiger partial charge in [-0.25, -0.2) is 9.97 Å². The van der Waals surface area contributed by atoms with Crippen molar-refractivity contribution in [2.75, 3.05) is 29.9 Å². The van der Waals surface area contributed by atoms with E-state index in [4.69, 9.17) is 26.3 Å². The molecule has 35 heavy (non-hydrogen) atoms. The van der Waals surface area contributed by atoms with Gasteiger partial charge in [-0.2, -0.15) is 0 Å². The maximum atomic E-state index is 12.3. The summed E-state index contributed by atoms with van der Waals surface area (Å²) in [6, 6.07) is 12.6. The lowest BCUT2D eigenvalue weighted by Crippen LogP contribution is -2.43. The molecule has 0 aliphatic carbocycles. The smallest absolute Gasteiger partial charge is 0.262 e. The number of hydrogen-bond donors (Lipinski definition) is 2. The fourth-order valence-electron chi connectivity index (χ4n) is 4.11. The number of hydrogen-bond acceptors (Lipinski definition) is 6. The lowest BCUT2D eigenvalue weighted by Gasteiger charge is -2.32. The number of carbonyl (C=O) groups is 2. The summed E-state index contributed by atoms with van der Waals surface area (Å²) in [5.74, 6) is 1.14. The molecule has 2 heterocycles. The number of piperidine rings is 1. The van der Waals surface area contributed by atoms with Gasteiger partial charge in [-0.3, -0.25) is 9.59 Å². The monoisotopic (exact) mass is 495 g/mol. The van der Waals surface area contributed by atoms with E-state index in [-0.39, 0.29) is 30.4 Å². The third-order valence-electron chi connectivity index (χ3n) is 5.92. The zero-order valence-electron chi connectivity index (χ0n) is 20.2. The number of aromatic nitrogens is 2. The molecule has 184 valence electrons. The topological polar surface area (TPSA) is 96.5 Å². The Hall–Kier alpha value is -3.39. The van der Waals surface area contributed by atoms with Gasteiger partial charge in [0.2, 0.25) is 11.9 Å². The summed E-state index contributed by atoms with van der Waals surface area (Å²) < 4.78 is 5.50. The Kier molecular flexibility index (Phi) is 7.70. The van der Waals surface area contributed by atoms with Gasteiger partial charge in [-0.15, -0.1) is 0 Å². The molecule has 3 aromatic rings. The molecule has 0 saturated carbocycles. The van der Waals surface area contributed by atoms with Crippen molar-refractivity contribution in [2.45, 2.75) is 39.7 Å². The van der Waals surface area contributed by atoms with Crippen LogP contribution in [0.2, 0.25) is 5.02 Å². The highest BCUT2D eigenvalue weighted by molar-refractivity contribution is 6.30. The number of fused-ring (bicyclic) bond motifs is 1. The Labute approximate surface area is 210 Å². The molecule has 0 radical (unpaired) electrons. The van der Waals surface area contributed by atoms with Gasteiger partial charge in [0.25, 0.3) is 5.91 Å². The molecule has 1 fully saturated rings. The summed E-state index contributed by atoms with van der Waals surface area (Å²) in [6.07, 6.45) is 1.56. The number of nitrogens with zero attached hydrogens (tertiary/aromatic N) is 3. The van der Waals surface area contributed by atoms with Crippen LogP contribution in [0.25, 0.3) is 10.9 Å². The van der Waals surface area contributed by atoms with Crippen LogP contribution in [0, 0.1) is 12.8 Å². The summed E-state index contributed by atoms with van der Waals surface area (Å²) in [4.78, 5) is 36.2. The van der Waals surface area contributed by atoms with Gasteiger partial charge in [0.05, 0.1) is 11.2 Å². The average molecular weight is 496 g/mol. The highest BCUT2D eigenvalue weighted by Crippen LogP contribution is 2.26. The van der Waals surface area contributed by atoms with E-state index in [1.165, 1.54) is 0 Å². The van der Waals surface area contributed by atoms with Gasteiger partial charge in [-0.05, 0) is 76.1 Å². The predicted octanol–water partition coefficient (Wildman–Crippen LogP) is 4.35. The fourth-order valence-corrected chi connectivity index (χ4v) is 4.23. The SMILES string of the molecule is Cc1nc(N2CCC(C(=O)NC(C)C)CC2)nc2ccc(NC(=O)COc3ccc(Cl)cc3)cc12. The molecule has 9 heteroatoms. The first-order valence-corrected chi connectivity index (χ1v) is 12.2. The molecule has 1 saturated heterocycles. The number of ether oxygens (including phenoxy) is 1. The minimum Gasteiger partial charge on any atom is -0.484 e. The zero-order valence-corrected chi connectivity index (χ0v) is 20.9. The summed E-state index contributed by atoms with van der Waals surface area (Å²) in [5, 5.41) is 7.34. The van der Waals surface area contributed by atoms with Crippen LogP contribution < -0.4 is 20.3 Å². The largest absolute Gasteiger partial charge is 0.484 e. The standard InChI is InChI=1S/C26H30ClN5O3/c1-16(2)28-25(34)18-10-12-32(13-11-18)26-29-17(3)22-14-20(6-9-23(22)31-26)30-24(33)15-35-21-7-4-19(27)5-8-21/h4-9,14,16,18H,10-13,15H2,1-3H3,(H,28,34)(H,30,33). The molecule has 1 aliphatic rings. The van der Waals surface area contributed by atoms with Crippen LogP contribution in [0.1, 0.15) is 32.4 Å². The Balaban J connectivity index is 1.38. The summed E-state index contributed by atoms with van der Waals surface area (Å²) >= 11 is 5.87. The van der Waals surface area contributed by atoms with E-state index >= 15 is 0 Å². The van der Waals surface area contributed by atoms with E-state index in [2.05, 4.69) is 15.5 Å². The van der Waals surface area contributed by atoms with E-state index in [9.17, 15) is 9.59 Å². The summed E-state index contributed by atoms with van der Waals surface area (Å²) in [5.41, 5.74) is 2.29. The maximum absolute atomic E-state index is 12.3. The van der Waals surface area contributed by atoms with Crippen molar-refractivity contribution in [1.82, 2.24) is 15.3 Å². The number of amides is 2. The predicted molar refractivity (Wildman–Crippen MR) is 138 cm³/mol. The Morgan fingerprint density at radius 3 is 2.51 bits per heavy atom. The Morgan fingerprint density at radius 2 is 1.83 bits per heavy atom. The van der Waals surface area contributed by atoms with Crippen molar-refractivity contribution in [3.8, 4) is 5.75 Å². The highest BCUT2D eigenvalue weighted by atomic mass is 35.5. The third kappa shape index (κ3) is 6.39. The van der Waals surface area contributed by atoms with E-state index in [1.54, 1.807) is 24.3 Å². The lowest BCUT2D eigenvalue weighted by atomic mass is 9.96. The zero-order chi connectivity index (χ0) is 24.9. The molecule has 4 rings (SSSR count). The second-order valence-electron chi connectivity index (χ2n) is 9.06. The number of aryl methyl sites for hydroxylation is 1. The first-order valence-electron chi connectivity index (χ1n) is 11.8. The molecule has 2 amide bonds. The molecule has 0 bridgehead atoms. The normalized spacial score (nSPS) is 14.3. The van der Waals surface area contributed by atoms with Crippen LogP contribution in [0.5, 0.6) is 5.75 Å². The van der Waals surface area contributed by atoms with Gasteiger partial charge in [-0.1, -0.05) is 11.6 Å². The summed E-state index contributed by atoms with van der Waals surface area (Å²) in [7, 11) is 0. The van der Waals surface area contributed by atoms with Gasteiger partial charge < -0.3 is 20.3 Å². The summed E-state index contributed by atoms with van der Waals surface area (Å²) in [6.45, 7) is 7.26. The van der Waals surface area contributed by atoms with Crippen LogP contribution in [0.4, 0.5) is 11.6 Å². The highest BCUT2D eigenvalue weighted by Gasteiger charge is 2.26. The third-order valence-corrected chi connectivity index (χ3v) is 6.17. The first kappa shape index (κ1) is 24.7. The maximum Gasteiger partial charge on any atom is 0.262 e. The van der Waals surface area contributed by atoms with Crippen LogP contribution >= 0.6 is 11.6 Å². The molecule has 0 unspecified atom stereocenters. The van der Waals surface area contributed by atoms with Crippen molar-refractivity contribution < 1.29 is 14.3 Å². The molecule has 2 N–H and O–H groups in total. The Bertz CT molecular complexity index is 1210. The molecule has 1 aliphatic heterocycles. The second-order valence-corrected chi connectivity index (χ2v) is 9.49. The van der Waals surface area contributed by atoms with Gasteiger partial charge in [0.1, 0.15) is 5.75 Å². The van der Waals surface area contributed by atoms with Crippen LogP contribution in [0.15, 0.2) is 42.5 Å². The molecular formula is C26H30ClN5O3. The number of anilines is 2. The minimum absolute atomic E-state index is 0.0324. The van der Waals surface area contributed by atoms with Crippen molar-refractivity contribution in [2.24, 2.45) is 5.92 Å². The molecule has 2 aromatic carbocycles. The van der Waals surface area contributed by atoms with Crippen molar-refractivity contribution in [1.29, 1.82) is 0 Å². The molecule has 0 spiro atoms. The van der Waals surface area contributed by atoms with Gasteiger partial charge >= 0.3 is 0 Å². The lowest BCUT2D eigenvalue weighted by molar-refractivity contribution is -0.126. The number of halogens is 1.